The van der Waals surface area contributed by atoms with Crippen molar-refractivity contribution < 1.29 is 4.79 Å². The number of anilines is 1. The van der Waals surface area contributed by atoms with Crippen LogP contribution in [0.5, 0.6) is 0 Å². The maximum atomic E-state index is 10.1. The van der Waals surface area contributed by atoms with Crippen LogP contribution >= 0.6 is 0 Å². The Hall–Kier alpha value is -1.84. The fourth-order valence-electron chi connectivity index (χ4n) is 1.09. The first kappa shape index (κ1) is 6.84. The van der Waals surface area contributed by atoms with Gasteiger partial charge in [0.1, 0.15) is 5.82 Å². The number of amides is 1. The number of hydrogen-bond acceptors (Lipinski definition) is 2. The summed E-state index contributed by atoms with van der Waals surface area (Å²) in [6.07, 6.45) is 4.12. The maximum absolute atomic E-state index is 10.1. The SMILES string of the molecule is O=CNc1cc2cc[nH]c2cn1. The molecule has 4 heteroatoms. The van der Waals surface area contributed by atoms with Crippen LogP contribution in [0.2, 0.25) is 0 Å². The summed E-state index contributed by atoms with van der Waals surface area (Å²) in [4.78, 5) is 17.1. The summed E-state index contributed by atoms with van der Waals surface area (Å²) in [5.74, 6) is 0.567. The molecule has 0 unspecified atom stereocenters. The number of nitrogens with one attached hydrogen (secondary N) is 2. The van der Waals surface area contributed by atoms with Gasteiger partial charge in [-0.05, 0) is 12.1 Å². The van der Waals surface area contributed by atoms with Crippen molar-refractivity contribution in [2.45, 2.75) is 0 Å². The fourth-order valence-corrected chi connectivity index (χ4v) is 1.09. The maximum Gasteiger partial charge on any atom is 0.212 e. The summed E-state index contributed by atoms with van der Waals surface area (Å²) in [6.45, 7) is 0. The lowest BCUT2D eigenvalue weighted by Gasteiger charge is -1.95. The molecule has 0 saturated heterocycles. The highest BCUT2D eigenvalue weighted by molar-refractivity contribution is 5.83. The number of H-pyrrole nitrogens is 1. The smallest absolute Gasteiger partial charge is 0.212 e. The third-order valence-corrected chi connectivity index (χ3v) is 1.64. The van der Waals surface area contributed by atoms with E-state index < -0.39 is 0 Å². The summed E-state index contributed by atoms with van der Waals surface area (Å²) < 4.78 is 0. The third kappa shape index (κ3) is 1.03. The molecular weight excluding hydrogens is 154 g/mol. The lowest BCUT2D eigenvalue weighted by molar-refractivity contribution is -0.105. The molecule has 0 bridgehead atoms. The van der Waals surface area contributed by atoms with Gasteiger partial charge in [-0.15, -0.1) is 0 Å². The van der Waals surface area contributed by atoms with Gasteiger partial charge in [-0.1, -0.05) is 0 Å². The zero-order chi connectivity index (χ0) is 8.39. The van der Waals surface area contributed by atoms with E-state index in [1.54, 1.807) is 12.3 Å². The number of rotatable bonds is 2. The second-order valence-electron chi connectivity index (χ2n) is 2.40. The van der Waals surface area contributed by atoms with Crippen LogP contribution in [0, 0.1) is 0 Å². The quantitative estimate of drug-likeness (QED) is 0.648. The van der Waals surface area contributed by atoms with Crippen LogP contribution in [0.25, 0.3) is 10.9 Å². The first-order valence-electron chi connectivity index (χ1n) is 3.53. The molecule has 4 nitrogen and oxygen atoms in total. The van der Waals surface area contributed by atoms with Crippen LogP contribution in [0.15, 0.2) is 24.5 Å². The lowest BCUT2D eigenvalue weighted by Crippen LogP contribution is -1.95. The van der Waals surface area contributed by atoms with E-state index in [-0.39, 0.29) is 0 Å². The fraction of sp³-hybridized carbons (Fsp3) is 0. The van der Waals surface area contributed by atoms with Crippen molar-refractivity contribution in [2.75, 3.05) is 5.32 Å². The molecule has 0 aromatic carbocycles. The Bertz CT molecular complexity index is 407. The molecule has 2 heterocycles. The molecule has 1 amide bonds. The highest BCUT2D eigenvalue weighted by Gasteiger charge is 1.95. The minimum Gasteiger partial charge on any atom is -0.360 e. The second-order valence-corrected chi connectivity index (χ2v) is 2.40. The Morgan fingerprint density at radius 2 is 2.50 bits per heavy atom. The minimum absolute atomic E-state index is 0.567. The summed E-state index contributed by atoms with van der Waals surface area (Å²) in [5.41, 5.74) is 0.964. The van der Waals surface area contributed by atoms with Crippen molar-refractivity contribution in [3.05, 3.63) is 24.5 Å². The number of aromatic amines is 1. The topological polar surface area (TPSA) is 57.8 Å². The highest BCUT2D eigenvalue weighted by atomic mass is 16.1. The molecule has 0 aliphatic heterocycles. The predicted molar refractivity (Wildman–Crippen MR) is 45.8 cm³/mol. The first-order chi connectivity index (χ1) is 5.90. The van der Waals surface area contributed by atoms with Gasteiger partial charge in [0.15, 0.2) is 0 Å². The van der Waals surface area contributed by atoms with Crippen molar-refractivity contribution in [1.82, 2.24) is 9.97 Å². The van der Waals surface area contributed by atoms with E-state index in [2.05, 4.69) is 15.3 Å². The number of hydrogen-bond donors (Lipinski definition) is 2. The number of carbonyl (C=O) groups is 1. The van der Waals surface area contributed by atoms with E-state index in [9.17, 15) is 4.79 Å². The van der Waals surface area contributed by atoms with Gasteiger partial charge in [0.05, 0.1) is 11.7 Å². The first-order valence-corrected chi connectivity index (χ1v) is 3.53. The van der Waals surface area contributed by atoms with Crippen molar-refractivity contribution in [3.8, 4) is 0 Å². The van der Waals surface area contributed by atoms with E-state index in [1.807, 2.05) is 12.3 Å². The van der Waals surface area contributed by atoms with Crippen LogP contribution in [0.3, 0.4) is 0 Å². The number of aromatic nitrogens is 2. The zero-order valence-corrected chi connectivity index (χ0v) is 6.24. The van der Waals surface area contributed by atoms with Crippen molar-refractivity contribution in [3.63, 3.8) is 0 Å². The Morgan fingerprint density at radius 1 is 1.58 bits per heavy atom. The number of pyridine rings is 1. The molecule has 2 aromatic heterocycles. The van der Waals surface area contributed by atoms with E-state index in [1.165, 1.54) is 0 Å². The zero-order valence-electron chi connectivity index (χ0n) is 6.24. The van der Waals surface area contributed by atoms with E-state index in [0.717, 1.165) is 10.9 Å². The van der Waals surface area contributed by atoms with E-state index in [0.29, 0.717) is 12.2 Å². The summed E-state index contributed by atoms with van der Waals surface area (Å²) in [5, 5.41) is 3.52. The molecule has 0 radical (unpaired) electrons. The van der Waals surface area contributed by atoms with Gasteiger partial charge in [0.25, 0.3) is 0 Å². The molecule has 0 atom stereocenters. The molecule has 0 saturated carbocycles. The average Bonchev–Trinajstić information content (AvgIpc) is 2.51. The van der Waals surface area contributed by atoms with Gasteiger partial charge in [-0.3, -0.25) is 4.79 Å². The van der Waals surface area contributed by atoms with Crippen LogP contribution in [-0.2, 0) is 4.79 Å². The van der Waals surface area contributed by atoms with Gasteiger partial charge < -0.3 is 10.3 Å². The standard InChI is InChI=1S/C8H7N3O/c12-5-11-8-3-6-1-2-9-7(6)4-10-8/h1-5,9H,(H,10,11,12). The summed E-state index contributed by atoms with van der Waals surface area (Å²) in [7, 11) is 0. The molecule has 12 heavy (non-hydrogen) atoms. The van der Waals surface area contributed by atoms with Gasteiger partial charge in [-0.2, -0.15) is 0 Å². The highest BCUT2D eigenvalue weighted by Crippen LogP contribution is 2.13. The molecule has 2 aromatic rings. The minimum atomic E-state index is 0.567. The van der Waals surface area contributed by atoms with Crippen molar-refractivity contribution >= 4 is 23.1 Å². The van der Waals surface area contributed by atoms with E-state index in [4.69, 9.17) is 0 Å². The largest absolute Gasteiger partial charge is 0.360 e. The predicted octanol–water partition coefficient (Wildman–Crippen LogP) is 1.13. The molecule has 2 rings (SSSR count). The van der Waals surface area contributed by atoms with Crippen LogP contribution in [-0.4, -0.2) is 16.4 Å². The van der Waals surface area contributed by atoms with Crippen molar-refractivity contribution in [1.29, 1.82) is 0 Å². The number of nitrogens with zero attached hydrogens (tertiary/aromatic N) is 1. The second kappa shape index (κ2) is 2.65. The normalized spacial score (nSPS) is 10.0. The Kier molecular flexibility index (Phi) is 1.51. The number of fused-ring (bicyclic) bond motifs is 1. The van der Waals surface area contributed by atoms with Gasteiger partial charge >= 0.3 is 0 Å². The van der Waals surface area contributed by atoms with Gasteiger partial charge in [0, 0.05) is 11.6 Å². The third-order valence-electron chi connectivity index (χ3n) is 1.64. The summed E-state index contributed by atoms with van der Waals surface area (Å²) in [6, 6.07) is 3.73. The van der Waals surface area contributed by atoms with Crippen LogP contribution in [0.1, 0.15) is 0 Å². The Labute approximate surface area is 68.6 Å². The Morgan fingerprint density at radius 3 is 3.33 bits per heavy atom. The van der Waals surface area contributed by atoms with Crippen molar-refractivity contribution in [2.24, 2.45) is 0 Å². The molecular formula is C8H7N3O. The van der Waals surface area contributed by atoms with Crippen LogP contribution < -0.4 is 5.32 Å². The molecule has 0 spiro atoms. The summed E-state index contributed by atoms with van der Waals surface area (Å²) >= 11 is 0. The molecule has 0 aliphatic rings. The molecule has 2 N–H and O–H groups in total. The molecule has 0 fully saturated rings. The van der Waals surface area contributed by atoms with Gasteiger partial charge in [0.2, 0.25) is 6.41 Å². The molecule has 60 valence electrons. The molecule has 0 aliphatic carbocycles. The van der Waals surface area contributed by atoms with Gasteiger partial charge in [-0.25, -0.2) is 4.98 Å². The van der Waals surface area contributed by atoms with E-state index >= 15 is 0 Å². The monoisotopic (exact) mass is 161 g/mol. The Balaban J connectivity index is 2.52. The lowest BCUT2D eigenvalue weighted by atomic mass is 10.3. The average molecular weight is 161 g/mol. The number of carbonyl (C=O) groups excluding carboxylic acids is 1. The van der Waals surface area contributed by atoms with Crippen LogP contribution in [0.4, 0.5) is 5.82 Å².